The lowest BCUT2D eigenvalue weighted by molar-refractivity contribution is -0.133. The molecule has 3 nitrogen and oxygen atoms in total. The number of carbonyl (C=O) groups is 1. The highest BCUT2D eigenvalue weighted by Gasteiger charge is 2.17. The number of hydrogen-bond donors (Lipinski definition) is 1. The Hall–Kier alpha value is -2.27. The van der Waals surface area contributed by atoms with Crippen LogP contribution >= 0.6 is 0 Å². The summed E-state index contributed by atoms with van der Waals surface area (Å²) in [5.41, 5.74) is 1.47. The average Bonchev–Trinajstić information content (AvgIpc) is 2.55. The number of rotatable bonds is 6. The van der Waals surface area contributed by atoms with E-state index in [9.17, 15) is 13.6 Å². The molecule has 5 heteroatoms. The highest BCUT2D eigenvalue weighted by atomic mass is 19.2. The number of nitrogens with one attached hydrogen (secondary N) is 1. The van der Waals surface area contributed by atoms with E-state index in [4.69, 9.17) is 4.74 Å². The van der Waals surface area contributed by atoms with Gasteiger partial charge in [0.25, 0.3) is 0 Å². The lowest BCUT2D eigenvalue weighted by atomic mass is 10.1. The molecule has 2 aromatic rings. The van der Waals surface area contributed by atoms with Gasteiger partial charge in [0, 0.05) is 0 Å². The van der Waals surface area contributed by atoms with Crippen molar-refractivity contribution in [1.29, 1.82) is 0 Å². The Kier molecular flexibility index (Phi) is 5.82. The highest BCUT2D eigenvalue weighted by Crippen LogP contribution is 2.16. The summed E-state index contributed by atoms with van der Waals surface area (Å²) in [7, 11) is 0. The van der Waals surface area contributed by atoms with Gasteiger partial charge >= 0.3 is 0 Å². The molecule has 122 valence electrons. The second kappa shape index (κ2) is 7.83. The van der Waals surface area contributed by atoms with Gasteiger partial charge in [0.15, 0.2) is 11.6 Å². The Balaban J connectivity index is 1.88. The van der Waals surface area contributed by atoms with Crippen molar-refractivity contribution in [2.75, 3.05) is 0 Å². The molecule has 23 heavy (non-hydrogen) atoms. The van der Waals surface area contributed by atoms with Gasteiger partial charge in [-0.05, 0) is 37.1 Å². The molecule has 0 unspecified atom stereocenters. The van der Waals surface area contributed by atoms with Crippen molar-refractivity contribution in [1.82, 2.24) is 5.32 Å². The first kappa shape index (κ1) is 17.1. The number of benzene rings is 2. The van der Waals surface area contributed by atoms with Crippen LogP contribution in [0.4, 0.5) is 8.78 Å². The molecule has 0 aliphatic rings. The summed E-state index contributed by atoms with van der Waals surface area (Å²) in [6.07, 6.45) is -0.650. The van der Waals surface area contributed by atoms with Crippen LogP contribution in [0.15, 0.2) is 48.5 Å². The van der Waals surface area contributed by atoms with Gasteiger partial charge in [-0.25, -0.2) is 8.78 Å². The molecule has 1 N–H and O–H groups in total. The van der Waals surface area contributed by atoms with Gasteiger partial charge in [-0.15, -0.1) is 0 Å². The Bertz CT molecular complexity index is 661. The molecule has 0 spiro atoms. The van der Waals surface area contributed by atoms with E-state index in [2.05, 4.69) is 5.32 Å². The molecule has 2 aromatic carbocycles. The van der Waals surface area contributed by atoms with Crippen LogP contribution in [0.2, 0.25) is 0 Å². The minimum absolute atomic E-state index is 0.307. The van der Waals surface area contributed by atoms with Crippen LogP contribution in [0.25, 0.3) is 0 Å². The molecular weight excluding hydrogens is 300 g/mol. The van der Waals surface area contributed by atoms with Crippen molar-refractivity contribution in [3.05, 3.63) is 71.3 Å². The van der Waals surface area contributed by atoms with Crippen molar-refractivity contribution in [2.24, 2.45) is 0 Å². The number of amides is 1. The Morgan fingerprint density at radius 3 is 2.43 bits per heavy atom. The summed E-state index contributed by atoms with van der Waals surface area (Å²) in [6, 6.07) is 12.6. The van der Waals surface area contributed by atoms with Crippen LogP contribution < -0.4 is 5.32 Å². The predicted molar refractivity (Wildman–Crippen MR) is 83.6 cm³/mol. The molecule has 2 atom stereocenters. The van der Waals surface area contributed by atoms with Gasteiger partial charge in [-0.1, -0.05) is 36.4 Å². The summed E-state index contributed by atoms with van der Waals surface area (Å²) in [5, 5.41) is 2.73. The van der Waals surface area contributed by atoms with E-state index in [0.29, 0.717) is 12.2 Å². The molecule has 0 heterocycles. The molecule has 0 saturated heterocycles. The third-order valence-electron chi connectivity index (χ3n) is 3.51. The normalized spacial score (nSPS) is 13.4. The van der Waals surface area contributed by atoms with E-state index in [-0.39, 0.29) is 5.91 Å². The Morgan fingerprint density at radius 1 is 1.09 bits per heavy atom. The van der Waals surface area contributed by atoms with Gasteiger partial charge in [0.2, 0.25) is 5.91 Å². The SMILES string of the molecule is C[C@H](NC(=O)[C@@H](C)OCc1ccccc1)c1ccc(F)c(F)c1. The first-order valence-corrected chi connectivity index (χ1v) is 7.38. The van der Waals surface area contributed by atoms with E-state index >= 15 is 0 Å². The van der Waals surface area contributed by atoms with Crippen LogP contribution in [0, 0.1) is 11.6 Å². The molecule has 0 radical (unpaired) electrons. The second-order valence-corrected chi connectivity index (χ2v) is 5.34. The predicted octanol–water partition coefficient (Wildman–Crippen LogP) is 3.75. The van der Waals surface area contributed by atoms with Crippen molar-refractivity contribution in [3.63, 3.8) is 0 Å². The summed E-state index contributed by atoms with van der Waals surface area (Å²) >= 11 is 0. The zero-order chi connectivity index (χ0) is 16.8. The van der Waals surface area contributed by atoms with Gasteiger partial charge in [-0.3, -0.25) is 4.79 Å². The smallest absolute Gasteiger partial charge is 0.249 e. The van der Waals surface area contributed by atoms with E-state index < -0.39 is 23.8 Å². The second-order valence-electron chi connectivity index (χ2n) is 5.34. The minimum atomic E-state index is -0.933. The molecule has 0 aromatic heterocycles. The first-order valence-electron chi connectivity index (χ1n) is 7.38. The summed E-state index contributed by atoms with van der Waals surface area (Å²) in [6.45, 7) is 3.68. The molecule has 2 rings (SSSR count). The lowest BCUT2D eigenvalue weighted by Gasteiger charge is -2.18. The zero-order valence-corrected chi connectivity index (χ0v) is 13.1. The standard InChI is InChI=1S/C18H19F2NO2/c1-12(15-8-9-16(19)17(20)10-15)21-18(22)13(2)23-11-14-6-4-3-5-7-14/h3-10,12-13H,11H2,1-2H3,(H,21,22)/t12-,13+/m0/s1. The van der Waals surface area contributed by atoms with E-state index in [1.807, 2.05) is 30.3 Å². The monoisotopic (exact) mass is 319 g/mol. The summed E-state index contributed by atoms with van der Waals surface area (Å²) in [4.78, 5) is 12.1. The maximum absolute atomic E-state index is 13.2. The van der Waals surface area contributed by atoms with Crippen LogP contribution in [-0.2, 0) is 16.1 Å². The molecule has 1 amide bonds. The van der Waals surface area contributed by atoms with Crippen molar-refractivity contribution < 1.29 is 18.3 Å². The molecule has 0 bridgehead atoms. The minimum Gasteiger partial charge on any atom is -0.364 e. The maximum Gasteiger partial charge on any atom is 0.249 e. The highest BCUT2D eigenvalue weighted by molar-refractivity contribution is 5.80. The fraction of sp³-hybridized carbons (Fsp3) is 0.278. The molecular formula is C18H19F2NO2. The van der Waals surface area contributed by atoms with E-state index in [1.54, 1.807) is 13.8 Å². The number of carbonyl (C=O) groups excluding carboxylic acids is 1. The fourth-order valence-corrected chi connectivity index (χ4v) is 2.07. The van der Waals surface area contributed by atoms with Gasteiger partial charge in [0.1, 0.15) is 6.10 Å². The van der Waals surface area contributed by atoms with Crippen LogP contribution in [0.1, 0.15) is 31.0 Å². The zero-order valence-electron chi connectivity index (χ0n) is 13.1. The topological polar surface area (TPSA) is 38.3 Å². The van der Waals surface area contributed by atoms with E-state index in [0.717, 1.165) is 17.7 Å². The lowest BCUT2D eigenvalue weighted by Crippen LogP contribution is -2.36. The number of halogens is 2. The molecule has 0 saturated carbocycles. The van der Waals surface area contributed by atoms with Crippen LogP contribution in [0.3, 0.4) is 0 Å². The largest absolute Gasteiger partial charge is 0.364 e. The summed E-state index contributed by atoms with van der Waals surface area (Å²) in [5.74, 6) is -2.15. The van der Waals surface area contributed by atoms with Crippen molar-refractivity contribution >= 4 is 5.91 Å². The average molecular weight is 319 g/mol. The number of ether oxygens (including phenoxy) is 1. The third kappa shape index (κ3) is 4.86. The van der Waals surface area contributed by atoms with Gasteiger partial charge < -0.3 is 10.1 Å². The van der Waals surface area contributed by atoms with Crippen molar-refractivity contribution in [2.45, 2.75) is 32.6 Å². The Labute approximate surface area is 134 Å². The van der Waals surface area contributed by atoms with Gasteiger partial charge in [0.05, 0.1) is 12.6 Å². The van der Waals surface area contributed by atoms with E-state index in [1.165, 1.54) is 6.07 Å². The summed E-state index contributed by atoms with van der Waals surface area (Å²) < 4.78 is 31.7. The fourth-order valence-electron chi connectivity index (χ4n) is 2.07. The molecule has 0 aliphatic heterocycles. The quantitative estimate of drug-likeness (QED) is 0.880. The van der Waals surface area contributed by atoms with Crippen LogP contribution in [-0.4, -0.2) is 12.0 Å². The number of hydrogen-bond acceptors (Lipinski definition) is 2. The Morgan fingerprint density at radius 2 is 1.78 bits per heavy atom. The maximum atomic E-state index is 13.2. The van der Waals surface area contributed by atoms with Crippen molar-refractivity contribution in [3.8, 4) is 0 Å². The molecule has 0 fully saturated rings. The van der Waals surface area contributed by atoms with Crippen LogP contribution in [0.5, 0.6) is 0 Å². The third-order valence-corrected chi connectivity index (χ3v) is 3.51. The molecule has 0 aliphatic carbocycles. The first-order chi connectivity index (χ1) is 11.0. The van der Waals surface area contributed by atoms with Gasteiger partial charge in [-0.2, -0.15) is 0 Å².